The van der Waals surface area contributed by atoms with Gasteiger partial charge in [0.15, 0.2) is 0 Å². The van der Waals surface area contributed by atoms with E-state index >= 15 is 0 Å². The van der Waals surface area contributed by atoms with E-state index in [4.69, 9.17) is 0 Å². The lowest BCUT2D eigenvalue weighted by atomic mass is 10.2. The Kier molecular flexibility index (Phi) is 2.24. The van der Waals surface area contributed by atoms with Crippen molar-refractivity contribution < 1.29 is 0 Å². The Bertz CT molecular complexity index is 544. The van der Waals surface area contributed by atoms with Crippen LogP contribution in [0.5, 0.6) is 0 Å². The van der Waals surface area contributed by atoms with E-state index in [0.717, 1.165) is 16.9 Å². The summed E-state index contributed by atoms with van der Waals surface area (Å²) < 4.78 is -0.529. The Morgan fingerprint density at radius 3 is 2.50 bits per heavy atom. The molecule has 14 heavy (non-hydrogen) atoms. The van der Waals surface area contributed by atoms with Crippen molar-refractivity contribution >= 4 is 11.3 Å². The number of benzene rings is 1. The fraction of sp³-hybridized carbons (Fsp3) is 0. The van der Waals surface area contributed by atoms with Gasteiger partial charge < -0.3 is 0 Å². The summed E-state index contributed by atoms with van der Waals surface area (Å²) in [4.78, 5) is 21.8. The van der Waals surface area contributed by atoms with Crippen LogP contribution in [0.3, 0.4) is 0 Å². The minimum atomic E-state index is -0.672. The summed E-state index contributed by atoms with van der Waals surface area (Å²) in [5.74, 6) is 0. The first-order chi connectivity index (χ1) is 6.77. The van der Waals surface area contributed by atoms with Gasteiger partial charge in [-0.05, 0) is 0 Å². The molecule has 1 aromatic carbocycles. The van der Waals surface area contributed by atoms with E-state index in [1.807, 2.05) is 30.3 Å². The summed E-state index contributed by atoms with van der Waals surface area (Å²) in [6, 6.07) is 9.23. The lowest BCUT2D eigenvalue weighted by Crippen LogP contribution is -2.24. The first kappa shape index (κ1) is 8.83. The monoisotopic (exact) mass is 206 g/mol. The molecule has 0 unspecified atom stereocenters. The van der Waals surface area contributed by atoms with E-state index in [0.29, 0.717) is 5.01 Å². The number of aromatic amines is 1. The number of nitrogens with zero attached hydrogens (tertiary/aromatic N) is 1. The van der Waals surface area contributed by atoms with Crippen molar-refractivity contribution in [1.29, 1.82) is 0 Å². The molecule has 0 radical (unpaired) electrons. The molecule has 0 saturated heterocycles. The minimum absolute atomic E-state index is 0.523. The van der Waals surface area contributed by atoms with Crippen LogP contribution in [0.1, 0.15) is 0 Å². The Labute approximate surface area is 82.9 Å². The maximum Gasteiger partial charge on any atom is 0.322 e. The number of nitrogens with one attached hydrogen (secondary N) is 1. The van der Waals surface area contributed by atoms with Gasteiger partial charge in [0.1, 0.15) is 5.01 Å². The highest BCUT2D eigenvalue weighted by Gasteiger charge is 2.02. The van der Waals surface area contributed by atoms with Gasteiger partial charge in [-0.3, -0.25) is 9.59 Å². The Hall–Kier alpha value is -1.75. The molecule has 0 saturated carbocycles. The second kappa shape index (κ2) is 3.55. The summed E-state index contributed by atoms with van der Waals surface area (Å²) in [6.45, 7) is 0. The molecule has 0 aliphatic heterocycles. The second-order valence-corrected chi connectivity index (χ2v) is 3.58. The van der Waals surface area contributed by atoms with Crippen LogP contribution in [-0.2, 0) is 0 Å². The van der Waals surface area contributed by atoms with Crippen molar-refractivity contribution in [2.24, 2.45) is 0 Å². The number of H-pyrrole nitrogens is 1. The van der Waals surface area contributed by atoms with Crippen molar-refractivity contribution in [2.45, 2.75) is 0 Å². The predicted octanol–water partition coefficient (Wildman–Crippen LogP) is 0.859. The third-order valence-corrected chi connectivity index (χ3v) is 2.55. The van der Waals surface area contributed by atoms with Crippen LogP contribution >= 0.6 is 11.3 Å². The molecular weight excluding hydrogens is 200 g/mol. The van der Waals surface area contributed by atoms with E-state index in [1.165, 1.54) is 0 Å². The van der Waals surface area contributed by atoms with Crippen LogP contribution in [0.4, 0.5) is 0 Å². The molecule has 0 amide bonds. The Morgan fingerprint density at radius 1 is 1.14 bits per heavy atom. The van der Waals surface area contributed by atoms with E-state index in [9.17, 15) is 9.59 Å². The second-order valence-electron chi connectivity index (χ2n) is 2.61. The number of hydrogen-bond acceptors (Lipinski definition) is 4. The molecule has 1 N–H and O–H groups in total. The van der Waals surface area contributed by atoms with E-state index in [2.05, 4.69) is 10.2 Å². The molecule has 0 fully saturated rings. The van der Waals surface area contributed by atoms with Crippen molar-refractivity contribution in [2.75, 3.05) is 0 Å². The minimum Gasteiger partial charge on any atom is -0.271 e. The lowest BCUT2D eigenvalue weighted by molar-refractivity contribution is 1.01. The Balaban J connectivity index is 2.59. The zero-order chi connectivity index (χ0) is 9.97. The van der Waals surface area contributed by atoms with Gasteiger partial charge in [0.2, 0.25) is 0 Å². The smallest absolute Gasteiger partial charge is 0.271 e. The van der Waals surface area contributed by atoms with Crippen molar-refractivity contribution in [3.8, 4) is 10.6 Å². The van der Waals surface area contributed by atoms with Crippen LogP contribution in [-0.4, -0.2) is 10.2 Å². The SMILES string of the molecule is O=c1[nH]nc(-c2ccccc2)sc1=O. The van der Waals surface area contributed by atoms with Gasteiger partial charge >= 0.3 is 10.3 Å². The molecule has 5 heteroatoms. The molecule has 0 spiro atoms. The summed E-state index contributed by atoms with van der Waals surface area (Å²) in [5.41, 5.74) is 0.153. The summed E-state index contributed by atoms with van der Waals surface area (Å²) >= 11 is 0.847. The zero-order valence-electron chi connectivity index (χ0n) is 7.06. The lowest BCUT2D eigenvalue weighted by Gasteiger charge is -1.95. The highest BCUT2D eigenvalue weighted by Crippen LogP contribution is 2.15. The van der Waals surface area contributed by atoms with Gasteiger partial charge in [0.25, 0.3) is 0 Å². The Morgan fingerprint density at radius 2 is 1.86 bits per heavy atom. The molecular formula is C9H6N2O2S. The van der Waals surface area contributed by atoms with Gasteiger partial charge in [-0.25, -0.2) is 5.10 Å². The molecule has 2 aromatic rings. The highest BCUT2D eigenvalue weighted by atomic mass is 32.1. The molecule has 4 nitrogen and oxygen atoms in total. The van der Waals surface area contributed by atoms with Gasteiger partial charge in [0.05, 0.1) is 0 Å². The molecule has 0 aliphatic carbocycles. The first-order valence-electron chi connectivity index (χ1n) is 3.92. The van der Waals surface area contributed by atoms with Gasteiger partial charge in [-0.1, -0.05) is 41.7 Å². The van der Waals surface area contributed by atoms with Gasteiger partial charge in [-0.15, -0.1) is 0 Å². The zero-order valence-corrected chi connectivity index (χ0v) is 7.88. The van der Waals surface area contributed by atoms with Gasteiger partial charge in [-0.2, -0.15) is 5.10 Å². The molecule has 0 aliphatic rings. The topological polar surface area (TPSA) is 62.8 Å². The van der Waals surface area contributed by atoms with Crippen LogP contribution in [0.15, 0.2) is 39.9 Å². The molecule has 0 bridgehead atoms. The third kappa shape index (κ3) is 1.62. The van der Waals surface area contributed by atoms with Crippen molar-refractivity contribution in [3.63, 3.8) is 0 Å². The van der Waals surface area contributed by atoms with Crippen LogP contribution in [0.25, 0.3) is 10.6 Å². The fourth-order valence-electron chi connectivity index (χ4n) is 1.01. The molecule has 2 rings (SSSR count). The van der Waals surface area contributed by atoms with Crippen molar-refractivity contribution in [3.05, 3.63) is 50.2 Å². The summed E-state index contributed by atoms with van der Waals surface area (Å²) in [6.07, 6.45) is 0. The molecule has 1 aromatic heterocycles. The van der Waals surface area contributed by atoms with E-state index < -0.39 is 10.3 Å². The molecule has 70 valence electrons. The largest absolute Gasteiger partial charge is 0.322 e. The molecule has 1 heterocycles. The van der Waals surface area contributed by atoms with E-state index in [-0.39, 0.29) is 0 Å². The standard InChI is InChI=1S/C9H6N2O2S/c12-7-9(13)14-8(11-10-7)6-4-2-1-3-5-6/h1-5H,(H,10,12). The fourth-order valence-corrected chi connectivity index (χ4v) is 1.67. The number of aromatic nitrogens is 2. The van der Waals surface area contributed by atoms with Crippen LogP contribution in [0.2, 0.25) is 0 Å². The molecule has 0 atom stereocenters. The summed E-state index contributed by atoms with van der Waals surface area (Å²) in [7, 11) is 0. The van der Waals surface area contributed by atoms with E-state index in [1.54, 1.807) is 0 Å². The van der Waals surface area contributed by atoms with Gasteiger partial charge in [0, 0.05) is 5.56 Å². The summed E-state index contributed by atoms with van der Waals surface area (Å²) in [5, 5.41) is 6.47. The highest BCUT2D eigenvalue weighted by molar-refractivity contribution is 7.12. The first-order valence-corrected chi connectivity index (χ1v) is 4.74. The normalized spacial score (nSPS) is 10.0. The number of hydrogen-bond donors (Lipinski definition) is 1. The third-order valence-electron chi connectivity index (χ3n) is 1.65. The van der Waals surface area contributed by atoms with Crippen molar-refractivity contribution in [1.82, 2.24) is 10.2 Å². The quantitative estimate of drug-likeness (QED) is 0.704. The number of rotatable bonds is 1. The average molecular weight is 206 g/mol. The maximum absolute atomic E-state index is 11.0. The van der Waals surface area contributed by atoms with Crippen LogP contribution < -0.4 is 10.3 Å². The average Bonchev–Trinajstić information content (AvgIpc) is 2.23. The predicted molar refractivity (Wildman–Crippen MR) is 54.4 cm³/mol. The maximum atomic E-state index is 11.0. The van der Waals surface area contributed by atoms with Crippen LogP contribution in [0, 0.1) is 0 Å².